The van der Waals surface area contributed by atoms with Crippen LogP contribution in [0.1, 0.15) is 31.2 Å². The second kappa shape index (κ2) is 10.1. The van der Waals surface area contributed by atoms with Crippen LogP contribution >= 0.6 is 0 Å². The van der Waals surface area contributed by atoms with Crippen molar-refractivity contribution in [2.45, 2.75) is 43.6 Å². The van der Waals surface area contributed by atoms with Gasteiger partial charge in [-0.3, -0.25) is 18.7 Å². The number of aliphatic hydroxyl groups excluding tert-OH is 1. The Bertz CT molecular complexity index is 1800. The van der Waals surface area contributed by atoms with Crippen LogP contribution in [0, 0.1) is 23.7 Å². The van der Waals surface area contributed by atoms with Gasteiger partial charge in [0.25, 0.3) is 5.56 Å². The summed E-state index contributed by atoms with van der Waals surface area (Å²) in [6, 6.07) is 5.16. The number of nitrogens with zero attached hydrogens (tertiary/aromatic N) is 5. The van der Waals surface area contributed by atoms with Gasteiger partial charge in [0.15, 0.2) is 11.2 Å². The monoisotopic (exact) mass is 569 g/mol. The predicted octanol–water partition coefficient (Wildman–Crippen LogP) is 0.0383. The van der Waals surface area contributed by atoms with E-state index < -0.39 is 27.3 Å². The fourth-order valence-corrected chi connectivity index (χ4v) is 5.21. The molecule has 3 N–H and O–H groups in total. The molecule has 2 saturated carbocycles. The Morgan fingerprint density at radius 2 is 1.85 bits per heavy atom. The summed E-state index contributed by atoms with van der Waals surface area (Å²) in [5.41, 5.74) is 0.0697. The van der Waals surface area contributed by atoms with E-state index in [0.29, 0.717) is 16.9 Å². The second-order valence-electron chi connectivity index (χ2n) is 10.5. The second-order valence-corrected chi connectivity index (χ2v) is 12.4. The molecule has 2 heterocycles. The zero-order valence-corrected chi connectivity index (χ0v) is 23.4. The highest BCUT2D eigenvalue weighted by atomic mass is 32.2. The van der Waals surface area contributed by atoms with E-state index in [2.05, 4.69) is 27.5 Å². The van der Waals surface area contributed by atoms with Crippen molar-refractivity contribution in [1.29, 1.82) is 0 Å². The highest BCUT2D eigenvalue weighted by molar-refractivity contribution is 7.90. The molecule has 14 heteroatoms. The van der Waals surface area contributed by atoms with Crippen LogP contribution in [0.15, 0.2) is 32.9 Å². The van der Waals surface area contributed by atoms with Gasteiger partial charge >= 0.3 is 5.69 Å². The van der Waals surface area contributed by atoms with Crippen LogP contribution in [0.3, 0.4) is 0 Å². The molecule has 1 unspecified atom stereocenters. The summed E-state index contributed by atoms with van der Waals surface area (Å²) in [5, 5.41) is 17.4. The van der Waals surface area contributed by atoms with E-state index in [1.165, 1.54) is 12.1 Å². The first-order valence-electron chi connectivity index (χ1n) is 12.8. The van der Waals surface area contributed by atoms with Gasteiger partial charge in [0.05, 0.1) is 6.54 Å². The number of rotatable bonds is 8. The lowest BCUT2D eigenvalue weighted by molar-refractivity contribution is -0.117. The standard InChI is InChI=1S/C26H31N7O6S/c1-30(2)33-20-21(29-25(33)40(4,38)39)32(26(37)31(3)24(20)36)11-5-6-15-12-18(27-22(34)16-7-8-16)14-19(13-15)28-23(35)17-9-10-17/h12-14,16-17,22,27,34H,7-11H2,1-4H3,(H,28,35). The molecule has 0 saturated heterocycles. The Labute approximate surface area is 230 Å². The third-order valence-corrected chi connectivity index (χ3v) is 7.75. The molecule has 2 aliphatic carbocycles. The predicted molar refractivity (Wildman–Crippen MR) is 149 cm³/mol. The fraction of sp³-hybridized carbons (Fsp3) is 0.462. The Hall–Kier alpha value is -4.09. The van der Waals surface area contributed by atoms with Crippen LogP contribution in [0.25, 0.3) is 11.2 Å². The summed E-state index contributed by atoms with van der Waals surface area (Å²) in [6.45, 7) is -0.191. The van der Waals surface area contributed by atoms with Gasteiger partial charge in [0.2, 0.25) is 20.9 Å². The largest absolute Gasteiger partial charge is 0.374 e. The number of aliphatic hydroxyl groups is 1. The maximum absolute atomic E-state index is 13.0. The number of anilines is 2. The van der Waals surface area contributed by atoms with E-state index in [-0.39, 0.29) is 40.6 Å². The summed E-state index contributed by atoms with van der Waals surface area (Å²) >= 11 is 0. The summed E-state index contributed by atoms with van der Waals surface area (Å²) in [7, 11) is 0.576. The van der Waals surface area contributed by atoms with Crippen molar-refractivity contribution in [3.05, 3.63) is 44.6 Å². The Morgan fingerprint density at radius 3 is 2.45 bits per heavy atom. The van der Waals surface area contributed by atoms with E-state index in [0.717, 1.165) is 45.7 Å². The summed E-state index contributed by atoms with van der Waals surface area (Å²) in [4.78, 5) is 42.6. The van der Waals surface area contributed by atoms with Crippen LogP contribution in [0.4, 0.5) is 11.4 Å². The molecular weight excluding hydrogens is 538 g/mol. The van der Waals surface area contributed by atoms with Crippen molar-refractivity contribution in [3.63, 3.8) is 0 Å². The number of fused-ring (bicyclic) bond motifs is 1. The lowest BCUT2D eigenvalue weighted by Gasteiger charge is -2.17. The van der Waals surface area contributed by atoms with Gasteiger partial charge in [0.1, 0.15) is 6.23 Å². The molecule has 0 radical (unpaired) electrons. The van der Waals surface area contributed by atoms with Crippen molar-refractivity contribution in [1.82, 2.24) is 18.8 Å². The highest BCUT2D eigenvalue weighted by Crippen LogP contribution is 2.34. The topological polar surface area (TPSA) is 161 Å². The third kappa shape index (κ3) is 5.47. The van der Waals surface area contributed by atoms with Crippen LogP contribution < -0.4 is 26.9 Å². The molecule has 40 heavy (non-hydrogen) atoms. The van der Waals surface area contributed by atoms with Crippen LogP contribution in [0.2, 0.25) is 0 Å². The number of amides is 1. The first-order chi connectivity index (χ1) is 18.8. The first-order valence-corrected chi connectivity index (χ1v) is 14.7. The van der Waals surface area contributed by atoms with Crippen molar-refractivity contribution in [2.75, 3.05) is 36.0 Å². The number of aromatic nitrogens is 4. The van der Waals surface area contributed by atoms with Crippen molar-refractivity contribution in [3.8, 4) is 11.8 Å². The molecule has 0 bridgehead atoms. The Kier molecular flexibility index (Phi) is 6.97. The average molecular weight is 570 g/mol. The van der Waals surface area contributed by atoms with E-state index in [9.17, 15) is 27.9 Å². The number of hydrogen-bond donors (Lipinski definition) is 3. The molecule has 212 valence electrons. The van der Waals surface area contributed by atoms with E-state index in [1.54, 1.807) is 32.3 Å². The molecule has 2 aromatic heterocycles. The molecule has 2 aliphatic rings. The number of benzene rings is 1. The number of hydrogen-bond acceptors (Lipinski definition) is 9. The molecule has 1 amide bonds. The maximum atomic E-state index is 13.0. The lowest BCUT2D eigenvalue weighted by Crippen LogP contribution is -2.40. The van der Waals surface area contributed by atoms with Gasteiger partial charge in [-0.15, -0.1) is 0 Å². The fourth-order valence-electron chi connectivity index (χ4n) is 4.39. The number of nitrogens with one attached hydrogen (secondary N) is 2. The number of sulfone groups is 1. The zero-order chi connectivity index (χ0) is 28.9. The molecular formula is C26H31N7O6S. The molecule has 13 nitrogen and oxygen atoms in total. The van der Waals surface area contributed by atoms with Gasteiger partial charge in [-0.1, -0.05) is 11.8 Å². The lowest BCUT2D eigenvalue weighted by atomic mass is 10.1. The number of carbonyl (C=O) groups is 1. The summed E-state index contributed by atoms with van der Waals surface area (Å²) in [5.74, 6) is 5.99. The van der Waals surface area contributed by atoms with E-state index in [1.807, 2.05) is 0 Å². The van der Waals surface area contributed by atoms with E-state index in [4.69, 9.17) is 0 Å². The van der Waals surface area contributed by atoms with E-state index >= 15 is 0 Å². The minimum Gasteiger partial charge on any atom is -0.374 e. The SMILES string of the molecule is CN(C)n1c(S(C)(=O)=O)nc2c1c(=O)n(C)c(=O)n2CC#Cc1cc(NC(=O)C2CC2)cc(NC(O)C2CC2)c1. The van der Waals surface area contributed by atoms with Crippen molar-refractivity contribution >= 4 is 38.3 Å². The zero-order valence-electron chi connectivity index (χ0n) is 22.6. The smallest absolute Gasteiger partial charge is 0.333 e. The van der Waals surface area contributed by atoms with Crippen molar-refractivity contribution in [2.24, 2.45) is 18.9 Å². The maximum Gasteiger partial charge on any atom is 0.333 e. The van der Waals surface area contributed by atoms with Gasteiger partial charge in [-0.2, -0.15) is 4.98 Å². The van der Waals surface area contributed by atoms with Gasteiger partial charge in [0, 0.05) is 56.2 Å². The number of carbonyl (C=O) groups excluding carboxylic acids is 1. The minimum absolute atomic E-state index is 0.000937. The molecule has 2 fully saturated rings. The van der Waals surface area contributed by atoms with Gasteiger partial charge in [-0.05, 0) is 43.9 Å². The summed E-state index contributed by atoms with van der Waals surface area (Å²) in [6.07, 6.45) is 3.83. The molecule has 1 aromatic carbocycles. The summed E-state index contributed by atoms with van der Waals surface area (Å²) < 4.78 is 28.1. The quantitative estimate of drug-likeness (QED) is 0.251. The highest BCUT2D eigenvalue weighted by Gasteiger charge is 2.31. The molecule has 5 rings (SSSR count). The molecule has 0 aliphatic heterocycles. The normalized spacial score (nSPS) is 15.8. The number of imidazole rings is 1. The molecule has 3 aromatic rings. The first kappa shape index (κ1) is 27.5. The third-order valence-electron chi connectivity index (χ3n) is 6.82. The minimum atomic E-state index is -3.85. The van der Waals surface area contributed by atoms with Crippen molar-refractivity contribution < 1.29 is 18.3 Å². The van der Waals surface area contributed by atoms with Gasteiger partial charge < -0.3 is 20.7 Å². The average Bonchev–Trinajstić information content (AvgIpc) is 3.79. The molecule has 0 spiro atoms. The van der Waals surface area contributed by atoms with Crippen LogP contribution in [0.5, 0.6) is 0 Å². The van der Waals surface area contributed by atoms with Crippen LogP contribution in [-0.4, -0.2) is 64.8 Å². The Morgan fingerprint density at radius 1 is 1.18 bits per heavy atom. The van der Waals surface area contributed by atoms with Crippen LogP contribution in [-0.2, 0) is 28.2 Å². The Balaban J connectivity index is 1.54. The van der Waals surface area contributed by atoms with Gasteiger partial charge in [-0.25, -0.2) is 17.9 Å². The molecule has 1 atom stereocenters.